The minimum absolute atomic E-state index is 0.243. The number of nitrogens with zero attached hydrogens (tertiary/aromatic N) is 2. The lowest BCUT2D eigenvalue weighted by atomic mass is 10.1. The first-order valence-corrected chi connectivity index (χ1v) is 8.51. The van der Waals surface area contributed by atoms with Crippen LogP contribution in [0.5, 0.6) is 0 Å². The highest BCUT2D eigenvalue weighted by Crippen LogP contribution is 2.33. The van der Waals surface area contributed by atoms with Gasteiger partial charge in [0.05, 0.1) is 11.1 Å². The molecule has 0 bridgehead atoms. The van der Waals surface area contributed by atoms with Crippen molar-refractivity contribution in [3.05, 3.63) is 65.5 Å². The molecule has 1 fully saturated rings. The summed E-state index contributed by atoms with van der Waals surface area (Å²) in [5.74, 6) is -0.393. The molecule has 1 aliphatic carbocycles. The summed E-state index contributed by atoms with van der Waals surface area (Å²) in [4.78, 5) is 42.2. The number of aromatic nitrogens is 1. The van der Waals surface area contributed by atoms with Gasteiger partial charge in [-0.2, -0.15) is 0 Å². The fourth-order valence-electron chi connectivity index (χ4n) is 2.92. The zero-order chi connectivity index (χ0) is 18.1. The maximum atomic E-state index is 12.5. The highest BCUT2D eigenvalue weighted by molar-refractivity contribution is 6.22. The van der Waals surface area contributed by atoms with E-state index in [1.165, 1.54) is 11.0 Å². The van der Waals surface area contributed by atoms with Gasteiger partial charge in [-0.3, -0.25) is 24.3 Å². The minimum Gasteiger partial charge on any atom is -0.322 e. The highest BCUT2D eigenvalue weighted by Gasteiger charge is 2.38. The van der Waals surface area contributed by atoms with E-state index in [1.807, 2.05) is 0 Å². The number of rotatable bonds is 5. The highest BCUT2D eigenvalue weighted by atomic mass is 16.2. The van der Waals surface area contributed by atoms with Crippen LogP contribution in [0.2, 0.25) is 0 Å². The van der Waals surface area contributed by atoms with E-state index in [9.17, 15) is 14.4 Å². The molecule has 26 heavy (non-hydrogen) atoms. The Balaban J connectivity index is 1.47. The first kappa shape index (κ1) is 16.2. The van der Waals surface area contributed by atoms with E-state index in [1.54, 1.807) is 48.8 Å². The second-order valence-electron chi connectivity index (χ2n) is 6.53. The van der Waals surface area contributed by atoms with Crippen LogP contribution in [0.3, 0.4) is 0 Å². The van der Waals surface area contributed by atoms with Gasteiger partial charge in [0.25, 0.3) is 11.8 Å². The van der Waals surface area contributed by atoms with E-state index in [0.29, 0.717) is 29.3 Å². The zero-order valence-corrected chi connectivity index (χ0v) is 14.0. The van der Waals surface area contributed by atoms with Crippen molar-refractivity contribution in [2.75, 3.05) is 11.9 Å². The van der Waals surface area contributed by atoms with Gasteiger partial charge < -0.3 is 5.32 Å². The number of carbonyl (C=O) groups excluding carboxylic acids is 3. The third-order valence-corrected chi connectivity index (χ3v) is 4.51. The normalized spacial score (nSPS) is 16.2. The van der Waals surface area contributed by atoms with Crippen LogP contribution in [-0.2, 0) is 4.79 Å². The van der Waals surface area contributed by atoms with Gasteiger partial charge in [0.1, 0.15) is 0 Å². The van der Waals surface area contributed by atoms with Crippen LogP contribution in [0.25, 0.3) is 6.08 Å². The number of hydrogen-bond acceptors (Lipinski definition) is 4. The molecule has 2 heterocycles. The fourth-order valence-corrected chi connectivity index (χ4v) is 2.92. The molecule has 0 atom stereocenters. The van der Waals surface area contributed by atoms with Crippen molar-refractivity contribution >= 4 is 29.5 Å². The van der Waals surface area contributed by atoms with Gasteiger partial charge in [-0.25, -0.2) is 0 Å². The van der Waals surface area contributed by atoms with Crippen molar-refractivity contribution in [2.24, 2.45) is 5.92 Å². The second-order valence-corrected chi connectivity index (χ2v) is 6.53. The van der Waals surface area contributed by atoms with E-state index in [0.717, 1.165) is 18.4 Å². The van der Waals surface area contributed by atoms with Gasteiger partial charge in [-0.05, 0) is 60.7 Å². The second kappa shape index (κ2) is 6.55. The number of amides is 3. The lowest BCUT2D eigenvalue weighted by molar-refractivity contribution is -0.111. The molecule has 6 nitrogen and oxygen atoms in total. The van der Waals surface area contributed by atoms with Crippen molar-refractivity contribution in [3.63, 3.8) is 0 Å². The largest absolute Gasteiger partial charge is 0.322 e. The molecule has 0 saturated heterocycles. The van der Waals surface area contributed by atoms with Crippen LogP contribution in [0.15, 0.2) is 48.8 Å². The monoisotopic (exact) mass is 347 g/mol. The Morgan fingerprint density at radius 3 is 2.58 bits per heavy atom. The van der Waals surface area contributed by atoms with Gasteiger partial charge in [0, 0.05) is 30.7 Å². The summed E-state index contributed by atoms with van der Waals surface area (Å²) in [6, 6.07) is 8.39. The molecule has 1 aliphatic heterocycles. The van der Waals surface area contributed by atoms with Gasteiger partial charge in [0.2, 0.25) is 5.91 Å². The Kier molecular flexibility index (Phi) is 4.08. The fraction of sp³-hybridized carbons (Fsp3) is 0.200. The van der Waals surface area contributed by atoms with E-state index in [-0.39, 0.29) is 17.7 Å². The molecule has 1 aromatic heterocycles. The van der Waals surface area contributed by atoms with E-state index in [2.05, 4.69) is 10.3 Å². The van der Waals surface area contributed by atoms with Crippen LogP contribution in [-0.4, -0.2) is 34.2 Å². The third kappa shape index (κ3) is 3.26. The maximum absolute atomic E-state index is 12.5. The van der Waals surface area contributed by atoms with Gasteiger partial charge in [-0.1, -0.05) is 0 Å². The first-order valence-electron chi connectivity index (χ1n) is 8.51. The smallest absolute Gasteiger partial charge is 0.261 e. The Morgan fingerprint density at radius 1 is 1.12 bits per heavy atom. The first-order chi connectivity index (χ1) is 12.6. The number of pyridine rings is 1. The molecule has 1 saturated carbocycles. The zero-order valence-electron chi connectivity index (χ0n) is 14.0. The Bertz CT molecular complexity index is 917. The standard InChI is InChI=1S/C20H17N3O3/c24-18(6-3-13-7-9-21-10-8-13)22-15-4-5-16-17(11-15)20(26)23(19(16)25)12-14-1-2-14/h3-11,14H,1-2,12H2,(H,22,24)/b6-3-. The van der Waals surface area contributed by atoms with Crippen LogP contribution >= 0.6 is 0 Å². The molecular formula is C20H17N3O3. The van der Waals surface area contributed by atoms with Gasteiger partial charge in [0.15, 0.2) is 0 Å². The molecule has 0 unspecified atom stereocenters. The minimum atomic E-state index is -0.312. The van der Waals surface area contributed by atoms with Crippen LogP contribution in [0.1, 0.15) is 39.1 Å². The molecule has 2 aromatic rings. The molecule has 4 rings (SSSR count). The quantitative estimate of drug-likeness (QED) is 0.666. The summed E-state index contributed by atoms with van der Waals surface area (Å²) < 4.78 is 0. The maximum Gasteiger partial charge on any atom is 0.261 e. The molecule has 3 amide bonds. The van der Waals surface area contributed by atoms with Gasteiger partial charge in [-0.15, -0.1) is 0 Å². The van der Waals surface area contributed by atoms with Crippen molar-refractivity contribution in [3.8, 4) is 0 Å². The third-order valence-electron chi connectivity index (χ3n) is 4.51. The summed E-state index contributed by atoms with van der Waals surface area (Å²) in [7, 11) is 0. The number of anilines is 1. The predicted octanol–water partition coefficient (Wildman–Crippen LogP) is 2.74. The summed E-state index contributed by atoms with van der Waals surface area (Å²) in [6.07, 6.45) is 8.52. The van der Waals surface area contributed by atoms with Crippen molar-refractivity contribution in [1.82, 2.24) is 9.88 Å². The number of hydrogen-bond donors (Lipinski definition) is 1. The van der Waals surface area contributed by atoms with Crippen molar-refractivity contribution < 1.29 is 14.4 Å². The Morgan fingerprint density at radius 2 is 1.85 bits per heavy atom. The van der Waals surface area contributed by atoms with Crippen LogP contribution in [0, 0.1) is 5.92 Å². The summed E-state index contributed by atoms with van der Waals surface area (Å²) in [5.41, 5.74) is 2.11. The summed E-state index contributed by atoms with van der Waals surface area (Å²) in [5, 5.41) is 2.72. The van der Waals surface area contributed by atoms with Crippen molar-refractivity contribution in [1.29, 1.82) is 0 Å². The van der Waals surface area contributed by atoms with Crippen LogP contribution < -0.4 is 5.32 Å². The number of fused-ring (bicyclic) bond motifs is 1. The van der Waals surface area contributed by atoms with E-state index < -0.39 is 0 Å². The number of benzene rings is 1. The molecule has 1 N–H and O–H groups in total. The molecule has 6 heteroatoms. The molecule has 0 spiro atoms. The van der Waals surface area contributed by atoms with E-state index >= 15 is 0 Å². The average Bonchev–Trinajstić information content (AvgIpc) is 3.45. The average molecular weight is 347 g/mol. The molecule has 130 valence electrons. The topological polar surface area (TPSA) is 79.4 Å². The summed E-state index contributed by atoms with van der Waals surface area (Å²) in [6.45, 7) is 0.489. The number of nitrogens with one attached hydrogen (secondary N) is 1. The number of imide groups is 1. The van der Waals surface area contributed by atoms with Gasteiger partial charge >= 0.3 is 0 Å². The molecule has 2 aliphatic rings. The summed E-state index contributed by atoms with van der Waals surface area (Å²) >= 11 is 0. The predicted molar refractivity (Wildman–Crippen MR) is 96.4 cm³/mol. The number of carbonyl (C=O) groups is 3. The van der Waals surface area contributed by atoms with Crippen LogP contribution in [0.4, 0.5) is 5.69 Å². The lowest BCUT2D eigenvalue weighted by Crippen LogP contribution is -2.31. The molecule has 0 radical (unpaired) electrons. The SMILES string of the molecule is O=C(/C=C\c1ccncc1)Nc1ccc2c(c1)C(=O)N(CC1CC1)C2=O. The van der Waals surface area contributed by atoms with E-state index in [4.69, 9.17) is 0 Å². The van der Waals surface area contributed by atoms with Crippen molar-refractivity contribution in [2.45, 2.75) is 12.8 Å². The lowest BCUT2D eigenvalue weighted by Gasteiger charge is -2.12. The Labute approximate surface area is 150 Å². The molecular weight excluding hydrogens is 330 g/mol. The Hall–Kier alpha value is -3.28. The molecule has 1 aromatic carbocycles.